The van der Waals surface area contributed by atoms with Crippen LogP contribution in [-0.4, -0.2) is 32.9 Å². The fourth-order valence-corrected chi connectivity index (χ4v) is 2.98. The van der Waals surface area contributed by atoms with Gasteiger partial charge in [-0.2, -0.15) is 0 Å². The summed E-state index contributed by atoms with van der Waals surface area (Å²) in [6.45, 7) is 0. The fraction of sp³-hybridized carbons (Fsp3) is 0.364. The molecule has 0 saturated carbocycles. The summed E-state index contributed by atoms with van der Waals surface area (Å²) in [6, 6.07) is 8.86. The number of nitrogens with one attached hydrogen (secondary N) is 1. The van der Waals surface area contributed by atoms with Crippen LogP contribution in [0.3, 0.4) is 0 Å². The van der Waals surface area contributed by atoms with Crippen LogP contribution in [-0.2, 0) is 14.6 Å². The molecule has 0 aliphatic carbocycles. The van der Waals surface area contributed by atoms with Crippen molar-refractivity contribution in [2.24, 2.45) is 5.73 Å². The molecule has 1 aromatic rings. The van der Waals surface area contributed by atoms with Gasteiger partial charge >= 0.3 is 0 Å². The second kappa shape index (κ2) is 5.79. The van der Waals surface area contributed by atoms with Crippen molar-refractivity contribution in [3.8, 4) is 0 Å². The van der Waals surface area contributed by atoms with Gasteiger partial charge in [0, 0.05) is 6.04 Å². The minimum atomic E-state index is -3.48. The molecule has 0 saturated heterocycles. The third kappa shape index (κ3) is 4.54. The third-order valence-electron chi connectivity index (χ3n) is 2.33. The number of benzene rings is 1. The molecular weight excluding hydrogens is 240 g/mol. The predicted molar refractivity (Wildman–Crippen MR) is 66.1 cm³/mol. The number of carbonyl (C=O) groups excluding carboxylic acids is 1. The Hall–Kier alpha value is -1.40. The van der Waals surface area contributed by atoms with Gasteiger partial charge < -0.3 is 11.1 Å². The van der Waals surface area contributed by atoms with Crippen LogP contribution < -0.4 is 11.1 Å². The van der Waals surface area contributed by atoms with Gasteiger partial charge in [0.15, 0.2) is 9.84 Å². The molecular formula is C11H16N2O3S. The van der Waals surface area contributed by atoms with Gasteiger partial charge in [-0.15, -0.1) is 0 Å². The first-order valence-electron chi connectivity index (χ1n) is 5.15. The number of hydrogen-bond acceptors (Lipinski definition) is 4. The Kier molecular flexibility index (Phi) is 4.65. The maximum Gasteiger partial charge on any atom is 0.232 e. The van der Waals surface area contributed by atoms with E-state index in [9.17, 15) is 13.2 Å². The Labute approximate surface area is 101 Å². The number of primary amides is 1. The Morgan fingerprint density at radius 1 is 1.35 bits per heavy atom. The molecule has 5 nitrogen and oxygen atoms in total. The molecule has 0 heterocycles. The lowest BCUT2D eigenvalue weighted by Crippen LogP contribution is -2.31. The SMILES string of the molecule is CNC(CS(=O)(=O)CC(N)=O)c1ccccc1. The van der Waals surface area contributed by atoms with Crippen LogP contribution in [0.4, 0.5) is 0 Å². The van der Waals surface area contributed by atoms with E-state index in [-0.39, 0.29) is 11.8 Å². The van der Waals surface area contributed by atoms with E-state index in [1.54, 1.807) is 7.05 Å². The van der Waals surface area contributed by atoms with E-state index in [4.69, 9.17) is 5.73 Å². The summed E-state index contributed by atoms with van der Waals surface area (Å²) in [5, 5.41) is 2.92. The predicted octanol–water partition coefficient (Wildman–Crippen LogP) is -0.153. The molecule has 0 aromatic heterocycles. The zero-order chi connectivity index (χ0) is 12.9. The van der Waals surface area contributed by atoms with Gasteiger partial charge in [0.05, 0.1) is 5.75 Å². The molecule has 0 radical (unpaired) electrons. The summed E-state index contributed by atoms with van der Waals surface area (Å²) in [6.07, 6.45) is 0. The van der Waals surface area contributed by atoms with Gasteiger partial charge in [0.2, 0.25) is 5.91 Å². The molecule has 0 aliphatic heterocycles. The van der Waals surface area contributed by atoms with Crippen molar-refractivity contribution in [3.63, 3.8) is 0 Å². The maximum absolute atomic E-state index is 11.6. The van der Waals surface area contributed by atoms with Gasteiger partial charge in [-0.1, -0.05) is 30.3 Å². The van der Waals surface area contributed by atoms with Crippen LogP contribution >= 0.6 is 0 Å². The summed E-state index contributed by atoms with van der Waals surface area (Å²) in [4.78, 5) is 10.6. The highest BCUT2D eigenvalue weighted by atomic mass is 32.2. The van der Waals surface area contributed by atoms with Gasteiger partial charge in [0.25, 0.3) is 0 Å². The Balaban J connectivity index is 2.81. The standard InChI is InChI=1S/C11H16N2O3S/c1-13-10(9-5-3-2-4-6-9)7-17(15,16)8-11(12)14/h2-6,10,13H,7-8H2,1H3,(H2,12,14). The van der Waals surface area contributed by atoms with Crippen LogP contribution in [0.5, 0.6) is 0 Å². The molecule has 94 valence electrons. The van der Waals surface area contributed by atoms with E-state index in [0.29, 0.717) is 0 Å². The monoisotopic (exact) mass is 256 g/mol. The van der Waals surface area contributed by atoms with E-state index in [1.165, 1.54) is 0 Å². The number of rotatable bonds is 6. The van der Waals surface area contributed by atoms with Crippen molar-refractivity contribution in [2.75, 3.05) is 18.6 Å². The van der Waals surface area contributed by atoms with Crippen LogP contribution in [0.25, 0.3) is 0 Å². The fourth-order valence-electron chi connectivity index (χ4n) is 1.56. The number of nitrogens with two attached hydrogens (primary N) is 1. The van der Waals surface area contributed by atoms with Crippen LogP contribution in [0.1, 0.15) is 11.6 Å². The Morgan fingerprint density at radius 2 is 1.94 bits per heavy atom. The summed E-state index contributed by atoms with van der Waals surface area (Å²) in [7, 11) is -1.80. The summed E-state index contributed by atoms with van der Waals surface area (Å²) < 4.78 is 23.3. The van der Waals surface area contributed by atoms with Gasteiger partial charge in [-0.3, -0.25) is 4.79 Å². The first-order chi connectivity index (χ1) is 7.94. The normalized spacial score (nSPS) is 13.2. The first kappa shape index (κ1) is 13.7. The molecule has 1 rings (SSSR count). The molecule has 1 unspecified atom stereocenters. The van der Waals surface area contributed by atoms with E-state index >= 15 is 0 Å². The summed E-state index contributed by atoms with van der Waals surface area (Å²) in [5.74, 6) is -1.58. The molecule has 0 bridgehead atoms. The summed E-state index contributed by atoms with van der Waals surface area (Å²) >= 11 is 0. The van der Waals surface area contributed by atoms with E-state index < -0.39 is 21.5 Å². The van der Waals surface area contributed by atoms with E-state index in [2.05, 4.69) is 5.32 Å². The lowest BCUT2D eigenvalue weighted by molar-refractivity contribution is -0.115. The quantitative estimate of drug-likeness (QED) is 0.740. The van der Waals surface area contributed by atoms with Crippen molar-refractivity contribution in [1.82, 2.24) is 5.32 Å². The minimum Gasteiger partial charge on any atom is -0.369 e. The van der Waals surface area contributed by atoms with Gasteiger partial charge in [-0.25, -0.2) is 8.42 Å². The molecule has 1 atom stereocenters. The van der Waals surface area contributed by atoms with Crippen molar-refractivity contribution < 1.29 is 13.2 Å². The van der Waals surface area contributed by atoms with E-state index in [1.807, 2.05) is 30.3 Å². The van der Waals surface area contributed by atoms with Crippen molar-refractivity contribution in [3.05, 3.63) is 35.9 Å². The molecule has 0 spiro atoms. The number of hydrogen-bond donors (Lipinski definition) is 2. The minimum absolute atomic E-state index is 0.142. The molecule has 1 aromatic carbocycles. The van der Waals surface area contributed by atoms with Crippen LogP contribution in [0.2, 0.25) is 0 Å². The highest BCUT2D eigenvalue weighted by Crippen LogP contribution is 2.14. The summed E-state index contributed by atoms with van der Waals surface area (Å²) in [5.41, 5.74) is 5.76. The van der Waals surface area contributed by atoms with Crippen LogP contribution in [0.15, 0.2) is 30.3 Å². The maximum atomic E-state index is 11.6. The largest absolute Gasteiger partial charge is 0.369 e. The van der Waals surface area contributed by atoms with Crippen molar-refractivity contribution in [1.29, 1.82) is 0 Å². The molecule has 17 heavy (non-hydrogen) atoms. The molecule has 3 N–H and O–H groups in total. The lowest BCUT2D eigenvalue weighted by Gasteiger charge is -2.16. The zero-order valence-corrected chi connectivity index (χ0v) is 10.4. The number of amides is 1. The number of sulfone groups is 1. The lowest BCUT2D eigenvalue weighted by atomic mass is 10.1. The second-order valence-corrected chi connectivity index (χ2v) is 5.88. The zero-order valence-electron chi connectivity index (χ0n) is 9.59. The molecule has 6 heteroatoms. The number of carbonyl (C=O) groups is 1. The topological polar surface area (TPSA) is 89.3 Å². The molecule has 0 aliphatic rings. The molecule has 1 amide bonds. The average molecular weight is 256 g/mol. The van der Waals surface area contributed by atoms with Crippen molar-refractivity contribution in [2.45, 2.75) is 6.04 Å². The molecule has 0 fully saturated rings. The van der Waals surface area contributed by atoms with Gasteiger partial charge in [-0.05, 0) is 12.6 Å². The third-order valence-corrected chi connectivity index (χ3v) is 3.90. The average Bonchev–Trinajstić information content (AvgIpc) is 2.25. The Morgan fingerprint density at radius 3 is 2.41 bits per heavy atom. The van der Waals surface area contributed by atoms with Gasteiger partial charge in [0.1, 0.15) is 5.75 Å². The first-order valence-corrected chi connectivity index (χ1v) is 6.97. The highest BCUT2D eigenvalue weighted by Gasteiger charge is 2.21. The second-order valence-electron chi connectivity index (χ2n) is 3.77. The highest BCUT2D eigenvalue weighted by molar-refractivity contribution is 7.92. The van der Waals surface area contributed by atoms with E-state index in [0.717, 1.165) is 5.56 Å². The van der Waals surface area contributed by atoms with Crippen LogP contribution in [0, 0.1) is 0 Å². The Bertz CT molecular complexity index is 471. The van der Waals surface area contributed by atoms with Crippen molar-refractivity contribution >= 4 is 15.7 Å². The smallest absolute Gasteiger partial charge is 0.232 e.